The topological polar surface area (TPSA) is 29.4 Å². The Morgan fingerprint density at radius 1 is 1.33 bits per heavy atom. The zero-order valence-corrected chi connectivity index (χ0v) is 12.4. The highest BCUT2D eigenvalue weighted by Crippen LogP contribution is 2.33. The first kappa shape index (κ1) is 13.9. The van der Waals surface area contributed by atoms with Gasteiger partial charge in [0.25, 0.3) is 5.91 Å². The highest BCUT2D eigenvalue weighted by molar-refractivity contribution is 8.15. The van der Waals surface area contributed by atoms with Crippen molar-refractivity contribution in [3.8, 4) is 0 Å². The van der Waals surface area contributed by atoms with Crippen molar-refractivity contribution in [2.75, 3.05) is 0 Å². The second-order valence-corrected chi connectivity index (χ2v) is 6.53. The van der Waals surface area contributed by atoms with Gasteiger partial charge in [-0.15, -0.1) is 0 Å². The smallest absolute Gasteiger partial charge is 0.260 e. The van der Waals surface area contributed by atoms with Crippen molar-refractivity contribution in [1.82, 2.24) is 0 Å². The number of aliphatic imine (C=N–C) groups is 1. The number of nitrogens with zero attached hydrogens (tertiary/aromatic N) is 1. The van der Waals surface area contributed by atoms with Crippen molar-refractivity contribution in [2.24, 2.45) is 10.9 Å². The summed E-state index contributed by atoms with van der Waals surface area (Å²) in [6.07, 6.45) is 0.526. The van der Waals surface area contributed by atoms with Gasteiger partial charge in [0.05, 0.1) is 10.3 Å². The average Bonchev–Trinajstić information content (AvgIpc) is 2.65. The first-order valence-corrected chi connectivity index (χ1v) is 7.33. The molecule has 0 saturated carbocycles. The Bertz CT molecular complexity index is 493. The van der Waals surface area contributed by atoms with Crippen LogP contribution in [0.5, 0.6) is 0 Å². The van der Waals surface area contributed by atoms with Gasteiger partial charge in [-0.25, -0.2) is 4.99 Å². The first-order valence-electron chi connectivity index (χ1n) is 5.70. The zero-order valence-electron chi connectivity index (χ0n) is 10.1. The predicted molar refractivity (Wildman–Crippen MR) is 78.8 cm³/mol. The summed E-state index contributed by atoms with van der Waals surface area (Å²) in [5.74, 6) is 0.235. The molecule has 0 saturated heterocycles. The number of carbonyl (C=O) groups excluding carboxylic acids is 1. The Kier molecular flexibility index (Phi) is 4.36. The van der Waals surface area contributed by atoms with E-state index >= 15 is 0 Å². The van der Waals surface area contributed by atoms with Gasteiger partial charge in [0.1, 0.15) is 0 Å². The third-order valence-electron chi connectivity index (χ3n) is 2.74. The Balaban J connectivity index is 2.17. The largest absolute Gasteiger partial charge is 0.271 e. The summed E-state index contributed by atoms with van der Waals surface area (Å²) in [6.45, 7) is 4.05. The summed E-state index contributed by atoms with van der Waals surface area (Å²) in [6, 6.07) is 5.40. The number of rotatable bonds is 3. The van der Waals surface area contributed by atoms with Crippen LogP contribution in [0.15, 0.2) is 23.2 Å². The van der Waals surface area contributed by atoms with E-state index in [1.807, 2.05) is 13.8 Å². The Labute approximate surface area is 121 Å². The normalized spacial score (nSPS) is 19.5. The molecule has 0 fully saturated rings. The maximum Gasteiger partial charge on any atom is 0.260 e. The van der Waals surface area contributed by atoms with Gasteiger partial charge < -0.3 is 0 Å². The fourth-order valence-corrected chi connectivity index (χ4v) is 3.38. The van der Waals surface area contributed by atoms with Crippen LogP contribution in [0.2, 0.25) is 10.0 Å². The van der Waals surface area contributed by atoms with Gasteiger partial charge in [-0.2, -0.15) is 0 Å². The standard InChI is InChI=1S/C13H13Cl2NOS/c1-7(2)12-13(17)16-11(18-12)6-8-9(14)4-3-5-10(8)15/h3-5,7,12H,6H2,1-2H3. The van der Waals surface area contributed by atoms with E-state index in [1.54, 1.807) is 18.2 Å². The lowest BCUT2D eigenvalue weighted by molar-refractivity contribution is -0.117. The van der Waals surface area contributed by atoms with Gasteiger partial charge in [-0.3, -0.25) is 4.79 Å². The van der Waals surface area contributed by atoms with Gasteiger partial charge in [0.15, 0.2) is 0 Å². The summed E-state index contributed by atoms with van der Waals surface area (Å²) in [4.78, 5) is 15.8. The molecule has 2 rings (SSSR count). The molecular formula is C13H13Cl2NOS. The quantitative estimate of drug-likeness (QED) is 0.836. The Morgan fingerprint density at radius 3 is 2.44 bits per heavy atom. The third-order valence-corrected chi connectivity index (χ3v) is 4.95. The zero-order chi connectivity index (χ0) is 13.3. The summed E-state index contributed by atoms with van der Waals surface area (Å²) in [7, 11) is 0. The average molecular weight is 302 g/mol. The van der Waals surface area contributed by atoms with Crippen molar-refractivity contribution in [3.05, 3.63) is 33.8 Å². The predicted octanol–water partition coefficient (Wildman–Crippen LogP) is 4.23. The lowest BCUT2D eigenvalue weighted by Crippen LogP contribution is -2.17. The van der Waals surface area contributed by atoms with E-state index in [1.165, 1.54) is 11.8 Å². The molecule has 0 aromatic heterocycles. The van der Waals surface area contributed by atoms with Gasteiger partial charge in [0.2, 0.25) is 0 Å². The molecule has 0 spiro atoms. The van der Waals surface area contributed by atoms with Crippen molar-refractivity contribution in [2.45, 2.75) is 25.5 Å². The van der Waals surface area contributed by atoms with Crippen LogP contribution in [0.1, 0.15) is 19.4 Å². The van der Waals surface area contributed by atoms with Crippen LogP contribution in [0.4, 0.5) is 0 Å². The second-order valence-electron chi connectivity index (χ2n) is 4.50. The molecule has 1 amide bonds. The van der Waals surface area contributed by atoms with E-state index in [9.17, 15) is 4.79 Å². The number of thioether (sulfide) groups is 1. The molecule has 1 atom stereocenters. The van der Waals surface area contributed by atoms with Gasteiger partial charge in [0, 0.05) is 16.5 Å². The minimum absolute atomic E-state index is 0.0480. The van der Waals surface area contributed by atoms with E-state index in [2.05, 4.69) is 4.99 Å². The van der Waals surface area contributed by atoms with Gasteiger partial charge in [-0.1, -0.05) is 54.9 Å². The van der Waals surface area contributed by atoms with Crippen LogP contribution in [-0.2, 0) is 11.2 Å². The molecule has 1 aliphatic rings. The Morgan fingerprint density at radius 2 is 1.94 bits per heavy atom. The molecule has 0 aliphatic carbocycles. The van der Waals surface area contributed by atoms with Crippen molar-refractivity contribution in [1.29, 1.82) is 0 Å². The molecule has 1 aromatic rings. The fourth-order valence-electron chi connectivity index (χ4n) is 1.76. The fraction of sp³-hybridized carbons (Fsp3) is 0.385. The first-order chi connectivity index (χ1) is 8.49. The van der Waals surface area contributed by atoms with Crippen molar-refractivity contribution < 1.29 is 4.79 Å². The summed E-state index contributed by atoms with van der Waals surface area (Å²) < 4.78 is 0. The van der Waals surface area contributed by atoms with Gasteiger partial charge in [-0.05, 0) is 23.6 Å². The van der Waals surface area contributed by atoms with Crippen LogP contribution >= 0.6 is 35.0 Å². The number of halogens is 2. The minimum Gasteiger partial charge on any atom is -0.271 e. The number of hydrogen-bond donors (Lipinski definition) is 0. The molecule has 0 N–H and O–H groups in total. The van der Waals surface area contributed by atoms with Crippen LogP contribution in [-0.4, -0.2) is 16.2 Å². The van der Waals surface area contributed by atoms with Crippen LogP contribution < -0.4 is 0 Å². The van der Waals surface area contributed by atoms with Gasteiger partial charge >= 0.3 is 0 Å². The third kappa shape index (κ3) is 2.90. The molecular weight excluding hydrogens is 289 g/mol. The number of carbonyl (C=O) groups is 1. The molecule has 0 bridgehead atoms. The SMILES string of the molecule is CC(C)C1SC(Cc2c(Cl)cccc2Cl)=NC1=O. The molecule has 0 radical (unpaired) electrons. The maximum atomic E-state index is 11.7. The van der Waals surface area contributed by atoms with Crippen molar-refractivity contribution in [3.63, 3.8) is 0 Å². The van der Waals surface area contributed by atoms with Crippen LogP contribution in [0.3, 0.4) is 0 Å². The van der Waals surface area contributed by atoms with E-state index in [0.29, 0.717) is 16.5 Å². The van der Waals surface area contributed by atoms with E-state index in [4.69, 9.17) is 23.2 Å². The van der Waals surface area contributed by atoms with E-state index in [-0.39, 0.29) is 17.1 Å². The number of amides is 1. The number of benzene rings is 1. The highest BCUT2D eigenvalue weighted by Gasteiger charge is 2.31. The molecule has 1 aliphatic heterocycles. The molecule has 1 aromatic carbocycles. The lowest BCUT2D eigenvalue weighted by atomic mass is 10.1. The molecule has 1 unspecified atom stereocenters. The maximum absolute atomic E-state index is 11.7. The molecule has 5 heteroatoms. The monoisotopic (exact) mass is 301 g/mol. The lowest BCUT2D eigenvalue weighted by Gasteiger charge is -2.10. The van der Waals surface area contributed by atoms with E-state index < -0.39 is 0 Å². The molecule has 1 heterocycles. The number of hydrogen-bond acceptors (Lipinski definition) is 2. The summed E-state index contributed by atoms with van der Waals surface area (Å²) >= 11 is 13.7. The Hall–Kier alpha value is -0.510. The molecule has 18 heavy (non-hydrogen) atoms. The summed E-state index contributed by atoms with van der Waals surface area (Å²) in [5.41, 5.74) is 0.837. The minimum atomic E-state index is -0.0683. The van der Waals surface area contributed by atoms with Crippen LogP contribution in [0.25, 0.3) is 0 Å². The van der Waals surface area contributed by atoms with Crippen LogP contribution in [0, 0.1) is 5.92 Å². The van der Waals surface area contributed by atoms with E-state index in [0.717, 1.165) is 10.6 Å². The highest BCUT2D eigenvalue weighted by atomic mass is 35.5. The molecule has 96 valence electrons. The van der Waals surface area contributed by atoms with Crippen molar-refractivity contribution >= 4 is 45.9 Å². The molecule has 2 nitrogen and oxygen atoms in total. The second kappa shape index (κ2) is 5.64. The summed E-state index contributed by atoms with van der Waals surface area (Å²) in [5, 5.41) is 1.97.